The molecule has 0 aliphatic carbocycles. The first kappa shape index (κ1) is 15.7. The van der Waals surface area contributed by atoms with Crippen LogP contribution in [0.15, 0.2) is 36.5 Å². The smallest absolute Gasteiger partial charge is 0.318 e. The van der Waals surface area contributed by atoms with E-state index < -0.39 is 0 Å². The summed E-state index contributed by atoms with van der Waals surface area (Å²) in [5.74, 6) is 0.223. The first-order chi connectivity index (χ1) is 10.7. The Morgan fingerprint density at radius 2 is 1.95 bits per heavy atom. The first-order valence-electron chi connectivity index (χ1n) is 6.72. The number of aromatic nitrogens is 2. The van der Waals surface area contributed by atoms with Gasteiger partial charge in [-0.1, -0.05) is 24.3 Å². The van der Waals surface area contributed by atoms with Crippen molar-refractivity contribution in [3.05, 3.63) is 47.7 Å². The third kappa shape index (κ3) is 5.02. The van der Waals surface area contributed by atoms with E-state index in [9.17, 15) is 4.79 Å². The zero-order valence-electron chi connectivity index (χ0n) is 12.3. The minimum atomic E-state index is -0.145. The molecule has 0 bridgehead atoms. The zero-order chi connectivity index (χ0) is 15.8. The van der Waals surface area contributed by atoms with Gasteiger partial charge in [-0.3, -0.25) is 4.79 Å². The van der Waals surface area contributed by atoms with Crippen molar-refractivity contribution >= 4 is 11.7 Å². The molecule has 1 amide bonds. The molecule has 0 aliphatic heterocycles. The van der Waals surface area contributed by atoms with E-state index in [0.29, 0.717) is 19.0 Å². The van der Waals surface area contributed by atoms with Crippen LogP contribution in [0, 0.1) is 0 Å². The number of nitrogen functional groups attached to an aromatic ring is 1. The molecule has 2 rings (SSSR count). The third-order valence-corrected chi connectivity index (χ3v) is 2.81. The van der Waals surface area contributed by atoms with Gasteiger partial charge in [-0.15, -0.1) is 0 Å². The number of amides is 1. The second-order valence-electron chi connectivity index (χ2n) is 4.58. The van der Waals surface area contributed by atoms with Crippen LogP contribution in [0.2, 0.25) is 0 Å². The van der Waals surface area contributed by atoms with Gasteiger partial charge in [-0.2, -0.15) is 4.98 Å². The Morgan fingerprint density at radius 3 is 2.64 bits per heavy atom. The summed E-state index contributed by atoms with van der Waals surface area (Å²) in [6.45, 7) is 0.869. The monoisotopic (exact) mass is 302 g/mol. The number of nitrogens with two attached hydrogens (primary N) is 1. The number of anilines is 1. The predicted molar refractivity (Wildman–Crippen MR) is 80.9 cm³/mol. The van der Waals surface area contributed by atoms with Crippen molar-refractivity contribution in [3.8, 4) is 6.01 Å². The average molecular weight is 302 g/mol. The van der Waals surface area contributed by atoms with Gasteiger partial charge >= 0.3 is 6.01 Å². The normalized spacial score (nSPS) is 10.2. The maximum Gasteiger partial charge on any atom is 0.318 e. The van der Waals surface area contributed by atoms with Gasteiger partial charge < -0.3 is 20.5 Å². The lowest BCUT2D eigenvalue weighted by Gasteiger charge is -2.07. The second kappa shape index (κ2) is 7.94. The number of methoxy groups -OCH3 is 1. The van der Waals surface area contributed by atoms with Crippen LogP contribution < -0.4 is 15.8 Å². The van der Waals surface area contributed by atoms with E-state index in [0.717, 1.165) is 11.1 Å². The van der Waals surface area contributed by atoms with Crippen molar-refractivity contribution in [3.63, 3.8) is 0 Å². The molecule has 1 aromatic carbocycles. The SMILES string of the molecule is COCC(=O)NCc1ccc(COc2nccc(N)n2)cc1. The topological polar surface area (TPSA) is 99.4 Å². The van der Waals surface area contributed by atoms with Crippen LogP contribution in [-0.4, -0.2) is 29.6 Å². The molecule has 1 heterocycles. The molecule has 0 radical (unpaired) electrons. The van der Waals surface area contributed by atoms with Crippen LogP contribution in [0.4, 0.5) is 5.82 Å². The molecule has 0 saturated carbocycles. The second-order valence-corrected chi connectivity index (χ2v) is 4.58. The summed E-state index contributed by atoms with van der Waals surface area (Å²) < 4.78 is 10.2. The molecular formula is C15H18N4O3. The number of nitrogens with one attached hydrogen (secondary N) is 1. The minimum absolute atomic E-state index is 0.0616. The van der Waals surface area contributed by atoms with E-state index in [1.807, 2.05) is 24.3 Å². The fourth-order valence-corrected chi connectivity index (χ4v) is 1.71. The quantitative estimate of drug-likeness (QED) is 0.788. The number of ether oxygens (including phenoxy) is 2. The summed E-state index contributed by atoms with van der Waals surface area (Å²) in [6, 6.07) is 9.53. The highest BCUT2D eigenvalue weighted by atomic mass is 16.5. The van der Waals surface area contributed by atoms with E-state index in [1.54, 1.807) is 12.3 Å². The van der Waals surface area contributed by atoms with Crippen LogP contribution in [0.5, 0.6) is 6.01 Å². The lowest BCUT2D eigenvalue weighted by atomic mass is 10.1. The van der Waals surface area contributed by atoms with Gasteiger partial charge in [0.1, 0.15) is 19.0 Å². The number of carbonyl (C=O) groups is 1. The zero-order valence-corrected chi connectivity index (χ0v) is 12.3. The standard InChI is InChI=1S/C15H18N4O3/c1-21-10-14(20)18-8-11-2-4-12(5-3-11)9-22-15-17-7-6-13(16)19-15/h2-7H,8-10H2,1H3,(H,18,20)(H2,16,17,19). The van der Waals surface area contributed by atoms with Crippen LogP contribution in [0.3, 0.4) is 0 Å². The molecule has 1 aromatic heterocycles. The first-order valence-corrected chi connectivity index (χ1v) is 6.72. The van der Waals surface area contributed by atoms with Crippen LogP contribution >= 0.6 is 0 Å². The van der Waals surface area contributed by atoms with Gasteiger partial charge in [-0.25, -0.2) is 4.98 Å². The maximum absolute atomic E-state index is 11.3. The molecule has 3 N–H and O–H groups in total. The number of carbonyl (C=O) groups excluding carboxylic acids is 1. The molecule has 0 atom stereocenters. The summed E-state index contributed by atoms with van der Waals surface area (Å²) in [4.78, 5) is 19.2. The molecule has 0 aliphatic rings. The van der Waals surface area contributed by atoms with Crippen LogP contribution in [0.1, 0.15) is 11.1 Å². The van der Waals surface area contributed by atoms with Crippen molar-refractivity contribution < 1.29 is 14.3 Å². The van der Waals surface area contributed by atoms with Gasteiger partial charge in [0.25, 0.3) is 0 Å². The summed E-state index contributed by atoms with van der Waals surface area (Å²) in [5.41, 5.74) is 7.52. The molecule has 116 valence electrons. The molecule has 2 aromatic rings. The minimum Gasteiger partial charge on any atom is -0.459 e. The van der Waals surface area contributed by atoms with Crippen molar-refractivity contribution in [1.29, 1.82) is 0 Å². The van der Waals surface area contributed by atoms with Crippen LogP contribution in [0.25, 0.3) is 0 Å². The molecule has 7 nitrogen and oxygen atoms in total. The fraction of sp³-hybridized carbons (Fsp3) is 0.267. The number of rotatable bonds is 7. The summed E-state index contributed by atoms with van der Waals surface area (Å²) in [7, 11) is 1.48. The largest absolute Gasteiger partial charge is 0.459 e. The third-order valence-electron chi connectivity index (χ3n) is 2.81. The Morgan fingerprint density at radius 1 is 1.23 bits per heavy atom. The Hall–Kier alpha value is -2.67. The Labute approximate surface area is 128 Å². The van der Waals surface area contributed by atoms with Crippen molar-refractivity contribution in [2.75, 3.05) is 19.5 Å². The molecule has 7 heteroatoms. The van der Waals surface area contributed by atoms with Gasteiger partial charge in [-0.05, 0) is 17.2 Å². The van der Waals surface area contributed by atoms with Crippen molar-refractivity contribution in [1.82, 2.24) is 15.3 Å². The van der Waals surface area contributed by atoms with Gasteiger partial charge in [0.2, 0.25) is 5.91 Å². The molecule has 0 fully saturated rings. The van der Waals surface area contributed by atoms with Gasteiger partial charge in [0, 0.05) is 19.9 Å². The molecule has 0 saturated heterocycles. The number of benzene rings is 1. The average Bonchev–Trinajstić information content (AvgIpc) is 2.52. The molecule has 0 spiro atoms. The number of hydrogen-bond acceptors (Lipinski definition) is 6. The highest BCUT2D eigenvalue weighted by Gasteiger charge is 2.02. The van der Waals surface area contributed by atoms with Gasteiger partial charge in [0.05, 0.1) is 0 Å². The predicted octanol–water partition coefficient (Wildman–Crippen LogP) is 0.900. The van der Waals surface area contributed by atoms with E-state index in [4.69, 9.17) is 15.2 Å². The lowest BCUT2D eigenvalue weighted by Crippen LogP contribution is -2.26. The van der Waals surface area contributed by atoms with E-state index in [-0.39, 0.29) is 18.5 Å². The van der Waals surface area contributed by atoms with Crippen molar-refractivity contribution in [2.24, 2.45) is 0 Å². The highest BCUT2D eigenvalue weighted by molar-refractivity contribution is 5.77. The lowest BCUT2D eigenvalue weighted by molar-refractivity contribution is -0.124. The molecule has 22 heavy (non-hydrogen) atoms. The molecular weight excluding hydrogens is 284 g/mol. The Kier molecular flexibility index (Phi) is 5.67. The number of nitrogens with zero attached hydrogens (tertiary/aromatic N) is 2. The maximum atomic E-state index is 11.3. The van der Waals surface area contributed by atoms with E-state index >= 15 is 0 Å². The Bertz CT molecular complexity index is 616. The molecule has 0 unspecified atom stereocenters. The summed E-state index contributed by atoms with van der Waals surface area (Å²) >= 11 is 0. The highest BCUT2D eigenvalue weighted by Crippen LogP contribution is 2.09. The Balaban J connectivity index is 1.82. The number of hydrogen-bond donors (Lipinski definition) is 2. The van der Waals surface area contributed by atoms with E-state index in [1.165, 1.54) is 7.11 Å². The van der Waals surface area contributed by atoms with E-state index in [2.05, 4.69) is 15.3 Å². The van der Waals surface area contributed by atoms with Gasteiger partial charge in [0.15, 0.2) is 0 Å². The summed E-state index contributed by atoms with van der Waals surface area (Å²) in [6.07, 6.45) is 1.55. The van der Waals surface area contributed by atoms with Crippen molar-refractivity contribution in [2.45, 2.75) is 13.2 Å². The summed E-state index contributed by atoms with van der Waals surface area (Å²) in [5, 5.41) is 2.75. The van der Waals surface area contributed by atoms with Crippen LogP contribution in [-0.2, 0) is 22.7 Å². The fourth-order valence-electron chi connectivity index (χ4n) is 1.71.